The maximum absolute atomic E-state index is 10.1. The zero-order chi connectivity index (χ0) is 17.9. The molecular weight excluding hydrogens is 332 g/mol. The number of hydrogen-bond acceptors (Lipinski definition) is 11. The fourth-order valence-corrected chi connectivity index (χ4v) is 2.41. The van der Waals surface area contributed by atoms with Crippen LogP contribution in [0, 0.1) is 0 Å². The van der Waals surface area contributed by atoms with Crippen molar-refractivity contribution in [1.29, 1.82) is 0 Å². The maximum atomic E-state index is 10.1. The quantitative estimate of drug-likeness (QED) is 0.243. The predicted molar refractivity (Wildman–Crippen MR) is 73.4 cm³/mol. The van der Waals surface area contributed by atoms with E-state index in [0.29, 0.717) is 0 Å². The van der Waals surface area contributed by atoms with Crippen molar-refractivity contribution in [2.24, 2.45) is 0 Å². The Morgan fingerprint density at radius 1 is 0.792 bits per heavy atom. The molecule has 0 bridgehead atoms. The average Bonchev–Trinajstić information content (AvgIpc) is 2.58. The van der Waals surface area contributed by atoms with Crippen molar-refractivity contribution in [3.05, 3.63) is 0 Å². The molecule has 7 N–H and O–H groups in total. The van der Waals surface area contributed by atoms with Crippen LogP contribution in [0.5, 0.6) is 0 Å². The number of aliphatic hydroxyl groups is 7. The summed E-state index contributed by atoms with van der Waals surface area (Å²) in [6, 6.07) is 0. The van der Waals surface area contributed by atoms with Gasteiger partial charge < -0.3 is 54.7 Å². The van der Waals surface area contributed by atoms with Gasteiger partial charge in [0.25, 0.3) is 0 Å². The van der Waals surface area contributed by atoms with Gasteiger partial charge in [0.1, 0.15) is 42.7 Å². The third-order valence-electron chi connectivity index (χ3n) is 3.93. The van der Waals surface area contributed by atoms with Gasteiger partial charge in [-0.2, -0.15) is 0 Å². The van der Waals surface area contributed by atoms with Gasteiger partial charge in [-0.1, -0.05) is 0 Å². The molecule has 11 nitrogen and oxygen atoms in total. The first-order valence-electron chi connectivity index (χ1n) is 7.55. The summed E-state index contributed by atoms with van der Waals surface area (Å²) in [4.78, 5) is 0. The fraction of sp³-hybridized carbons (Fsp3) is 1.00. The number of aliphatic hydroxyl groups excluding tert-OH is 7. The molecule has 0 spiro atoms. The summed E-state index contributed by atoms with van der Waals surface area (Å²) < 4.78 is 20.7. The van der Waals surface area contributed by atoms with Crippen LogP contribution < -0.4 is 0 Å². The van der Waals surface area contributed by atoms with Crippen molar-refractivity contribution in [3.8, 4) is 0 Å². The van der Waals surface area contributed by atoms with Gasteiger partial charge in [0.2, 0.25) is 0 Å². The van der Waals surface area contributed by atoms with Gasteiger partial charge in [0.15, 0.2) is 12.6 Å². The Bertz CT molecular complexity index is 379. The molecule has 2 rings (SSSR count). The van der Waals surface area contributed by atoms with Crippen LogP contribution >= 0.6 is 0 Å². The van der Waals surface area contributed by atoms with E-state index in [1.165, 1.54) is 0 Å². The zero-order valence-corrected chi connectivity index (χ0v) is 12.8. The van der Waals surface area contributed by atoms with Crippen molar-refractivity contribution in [2.45, 2.75) is 55.3 Å². The van der Waals surface area contributed by atoms with Gasteiger partial charge in [-0.3, -0.25) is 0 Å². The normalized spacial score (nSPS) is 44.0. The van der Waals surface area contributed by atoms with Crippen LogP contribution in [0.2, 0.25) is 0 Å². The third kappa shape index (κ3) is 4.39. The third-order valence-corrected chi connectivity index (χ3v) is 3.93. The first kappa shape index (κ1) is 19.9. The lowest BCUT2D eigenvalue weighted by atomic mass is 10.0. The largest absolute Gasteiger partial charge is 0.394 e. The molecule has 24 heavy (non-hydrogen) atoms. The second-order valence-electron chi connectivity index (χ2n) is 5.73. The van der Waals surface area contributed by atoms with Crippen LogP contribution in [0.1, 0.15) is 0 Å². The number of rotatable bonds is 6. The van der Waals surface area contributed by atoms with Crippen molar-refractivity contribution >= 4 is 0 Å². The molecule has 2 saturated heterocycles. The first-order chi connectivity index (χ1) is 11.4. The SMILES string of the molecule is OCC(CO)O[C@@H]1OC[C@@H](O[C@@H]2OC[C@@H](O)[C@H](O)[C@H]2O)[C@H](O)[C@H]1O. The van der Waals surface area contributed by atoms with Gasteiger partial charge >= 0.3 is 0 Å². The van der Waals surface area contributed by atoms with E-state index in [-0.39, 0.29) is 13.2 Å². The number of ether oxygens (including phenoxy) is 4. The van der Waals surface area contributed by atoms with E-state index in [9.17, 15) is 25.5 Å². The molecule has 2 aliphatic rings. The Hall–Kier alpha value is -0.440. The van der Waals surface area contributed by atoms with Crippen LogP contribution in [0.4, 0.5) is 0 Å². The van der Waals surface area contributed by atoms with E-state index < -0.39 is 68.5 Å². The number of hydrogen-bond donors (Lipinski definition) is 7. The smallest absolute Gasteiger partial charge is 0.186 e. The molecule has 2 heterocycles. The molecule has 0 radical (unpaired) electrons. The van der Waals surface area contributed by atoms with Crippen LogP contribution in [0.3, 0.4) is 0 Å². The minimum absolute atomic E-state index is 0.238. The lowest BCUT2D eigenvalue weighted by Gasteiger charge is -2.41. The monoisotopic (exact) mass is 356 g/mol. The lowest BCUT2D eigenvalue weighted by molar-refractivity contribution is -0.334. The highest BCUT2D eigenvalue weighted by molar-refractivity contribution is 4.88. The zero-order valence-electron chi connectivity index (χ0n) is 12.8. The van der Waals surface area contributed by atoms with E-state index in [4.69, 9.17) is 29.2 Å². The van der Waals surface area contributed by atoms with Gasteiger partial charge in [-0.25, -0.2) is 0 Å². The predicted octanol–water partition coefficient (Wildman–Crippen LogP) is -4.74. The highest BCUT2D eigenvalue weighted by Crippen LogP contribution is 2.24. The van der Waals surface area contributed by atoms with Crippen molar-refractivity contribution < 1.29 is 54.7 Å². The molecule has 2 fully saturated rings. The molecule has 8 atom stereocenters. The topological polar surface area (TPSA) is 179 Å². The van der Waals surface area contributed by atoms with E-state index in [1.54, 1.807) is 0 Å². The Kier molecular flexibility index (Phi) is 7.27. The Balaban J connectivity index is 1.90. The molecule has 2 aliphatic heterocycles. The average molecular weight is 356 g/mol. The molecule has 0 aromatic rings. The molecule has 11 heteroatoms. The summed E-state index contributed by atoms with van der Waals surface area (Å²) in [5.74, 6) is 0. The summed E-state index contributed by atoms with van der Waals surface area (Å²) in [6.07, 6.45) is -12.0. The van der Waals surface area contributed by atoms with Gasteiger partial charge in [-0.15, -0.1) is 0 Å². The van der Waals surface area contributed by atoms with E-state index >= 15 is 0 Å². The van der Waals surface area contributed by atoms with Gasteiger partial charge in [-0.05, 0) is 0 Å². The summed E-state index contributed by atoms with van der Waals surface area (Å²) in [7, 11) is 0. The maximum Gasteiger partial charge on any atom is 0.186 e. The van der Waals surface area contributed by atoms with Crippen molar-refractivity contribution in [2.75, 3.05) is 26.4 Å². The highest BCUT2D eigenvalue weighted by Gasteiger charge is 2.45. The standard InChI is InChI=1S/C13H24O11/c14-1-5(2-15)23-12-11(20)9(18)7(4-22-12)24-13-10(19)8(17)6(16)3-21-13/h5-20H,1-4H2/t6-,7-,8+,9+,10-,11-,12+,13+/m1/s1. The van der Waals surface area contributed by atoms with Crippen LogP contribution in [0.25, 0.3) is 0 Å². The minimum atomic E-state index is -1.54. The van der Waals surface area contributed by atoms with Crippen molar-refractivity contribution in [3.63, 3.8) is 0 Å². The Morgan fingerprint density at radius 3 is 2.00 bits per heavy atom. The van der Waals surface area contributed by atoms with E-state index in [2.05, 4.69) is 0 Å². The fourth-order valence-electron chi connectivity index (χ4n) is 2.41. The first-order valence-corrected chi connectivity index (χ1v) is 7.55. The molecular formula is C13H24O11. The van der Waals surface area contributed by atoms with Crippen LogP contribution in [-0.2, 0) is 18.9 Å². The lowest BCUT2D eigenvalue weighted by Crippen LogP contribution is -2.60. The Labute approximate surface area is 137 Å². The summed E-state index contributed by atoms with van der Waals surface area (Å²) >= 11 is 0. The molecule has 0 aliphatic carbocycles. The highest BCUT2D eigenvalue weighted by atomic mass is 16.7. The molecule has 0 aromatic heterocycles. The van der Waals surface area contributed by atoms with Gasteiger partial charge in [0.05, 0.1) is 26.4 Å². The summed E-state index contributed by atoms with van der Waals surface area (Å²) in [5, 5.41) is 66.8. The second kappa shape index (κ2) is 8.78. The Morgan fingerprint density at radius 2 is 1.38 bits per heavy atom. The second-order valence-corrected chi connectivity index (χ2v) is 5.73. The summed E-state index contributed by atoms with van der Waals surface area (Å²) in [5.41, 5.74) is 0. The van der Waals surface area contributed by atoms with Gasteiger partial charge in [0, 0.05) is 0 Å². The van der Waals surface area contributed by atoms with E-state index in [1.807, 2.05) is 0 Å². The van der Waals surface area contributed by atoms with Crippen LogP contribution in [-0.4, -0.2) is 117 Å². The summed E-state index contributed by atoms with van der Waals surface area (Å²) in [6.45, 7) is -1.50. The molecule has 0 unspecified atom stereocenters. The van der Waals surface area contributed by atoms with E-state index in [0.717, 1.165) is 0 Å². The minimum Gasteiger partial charge on any atom is -0.394 e. The van der Waals surface area contributed by atoms with Crippen molar-refractivity contribution in [1.82, 2.24) is 0 Å². The molecule has 0 amide bonds. The molecule has 0 aromatic carbocycles. The molecule has 142 valence electrons. The molecule has 0 saturated carbocycles. The van der Waals surface area contributed by atoms with Crippen LogP contribution in [0.15, 0.2) is 0 Å².